The average molecular weight is 373 g/mol. The van der Waals surface area contributed by atoms with Crippen LogP contribution in [-0.4, -0.2) is 69.7 Å². The molecule has 0 radical (unpaired) electrons. The Morgan fingerprint density at radius 3 is 2.77 bits per heavy atom. The lowest BCUT2D eigenvalue weighted by atomic mass is 9.78. The zero-order valence-electron chi connectivity index (χ0n) is 14.7. The molecule has 0 saturated carbocycles. The first-order chi connectivity index (χ1) is 12.7. The van der Waals surface area contributed by atoms with Crippen molar-refractivity contribution in [3.05, 3.63) is 41.2 Å². The molecule has 1 amide bonds. The smallest absolute Gasteiger partial charge is 0.275 e. The van der Waals surface area contributed by atoms with Crippen LogP contribution in [0.15, 0.2) is 29.9 Å². The zero-order valence-corrected chi connectivity index (χ0v) is 15.5. The molecule has 0 bridgehead atoms. The van der Waals surface area contributed by atoms with Crippen LogP contribution in [0, 0.1) is 5.41 Å². The number of hydrogen-bond donors (Lipinski definition) is 0. The first-order valence-electron chi connectivity index (χ1n) is 8.99. The summed E-state index contributed by atoms with van der Waals surface area (Å²) in [4.78, 5) is 21.0. The number of piperidine rings is 1. The maximum atomic E-state index is 12.5. The van der Waals surface area contributed by atoms with E-state index < -0.39 is 0 Å². The van der Waals surface area contributed by atoms with E-state index in [1.165, 1.54) is 17.1 Å². The topological polar surface area (TPSA) is 71.5 Å². The third kappa shape index (κ3) is 3.92. The fourth-order valence-corrected chi connectivity index (χ4v) is 4.30. The van der Waals surface area contributed by atoms with Gasteiger partial charge in [0.1, 0.15) is 0 Å². The lowest BCUT2D eigenvalue weighted by molar-refractivity contribution is 0.0143. The number of carbonyl (C=O) groups is 1. The third-order valence-corrected chi connectivity index (χ3v) is 5.87. The molecule has 2 aromatic heterocycles. The number of hydrogen-bond acceptors (Lipinski definition) is 7. The summed E-state index contributed by atoms with van der Waals surface area (Å²) in [6.07, 6.45) is 5.61. The van der Waals surface area contributed by atoms with E-state index in [1.54, 1.807) is 5.38 Å². The second-order valence-electron chi connectivity index (χ2n) is 7.20. The van der Waals surface area contributed by atoms with Crippen LogP contribution in [0.4, 0.5) is 0 Å². The quantitative estimate of drug-likeness (QED) is 0.815. The van der Waals surface area contributed by atoms with Crippen molar-refractivity contribution in [2.75, 3.05) is 39.4 Å². The van der Waals surface area contributed by atoms with Gasteiger partial charge in [0.25, 0.3) is 5.91 Å². The van der Waals surface area contributed by atoms with E-state index in [0.717, 1.165) is 58.8 Å². The predicted octanol–water partition coefficient (Wildman–Crippen LogP) is 1.69. The summed E-state index contributed by atoms with van der Waals surface area (Å²) in [5.74, 6) is -0.00298. The molecular weight excluding hydrogens is 350 g/mol. The first kappa shape index (κ1) is 17.5. The van der Waals surface area contributed by atoms with Crippen molar-refractivity contribution in [1.82, 2.24) is 24.4 Å². The molecule has 0 atom stereocenters. The molecule has 4 rings (SSSR count). The number of aromatic nitrogens is 3. The fraction of sp³-hybridized carbons (Fsp3) is 0.556. The highest BCUT2D eigenvalue weighted by atomic mass is 32.1. The molecule has 26 heavy (non-hydrogen) atoms. The molecule has 2 saturated heterocycles. The number of pyridine rings is 1. The summed E-state index contributed by atoms with van der Waals surface area (Å²) >= 11 is 1.22. The molecule has 0 unspecified atom stereocenters. The number of amides is 1. The molecule has 2 fully saturated rings. The molecule has 4 heterocycles. The van der Waals surface area contributed by atoms with Crippen molar-refractivity contribution >= 4 is 17.4 Å². The van der Waals surface area contributed by atoms with Gasteiger partial charge < -0.3 is 9.64 Å². The predicted molar refractivity (Wildman–Crippen MR) is 97.8 cm³/mol. The lowest BCUT2D eigenvalue weighted by Crippen LogP contribution is -2.48. The highest BCUT2D eigenvalue weighted by Gasteiger charge is 2.39. The summed E-state index contributed by atoms with van der Waals surface area (Å²) in [6.45, 7) is 5.92. The van der Waals surface area contributed by atoms with Crippen molar-refractivity contribution in [2.45, 2.75) is 19.4 Å². The van der Waals surface area contributed by atoms with Gasteiger partial charge in [-0.25, -0.2) is 0 Å². The first-order valence-corrected chi connectivity index (χ1v) is 9.83. The fourth-order valence-electron chi connectivity index (χ4n) is 3.87. The van der Waals surface area contributed by atoms with Crippen LogP contribution in [-0.2, 0) is 11.3 Å². The standard InChI is InChI=1S/C18H23N5O2S/c24-17(16-12-26-21-20-16)23-7-3-18(4-8-23)13-22(9-10-25-14-18)11-15-1-5-19-6-2-15/h1-2,5-6,12H,3-4,7-11,13-14H2. The van der Waals surface area contributed by atoms with Gasteiger partial charge in [0.05, 0.1) is 13.2 Å². The van der Waals surface area contributed by atoms with Crippen molar-refractivity contribution in [1.29, 1.82) is 0 Å². The van der Waals surface area contributed by atoms with Gasteiger partial charge in [-0.05, 0) is 42.1 Å². The molecule has 138 valence electrons. The van der Waals surface area contributed by atoms with Crippen LogP contribution in [0.25, 0.3) is 0 Å². The number of ether oxygens (including phenoxy) is 1. The van der Waals surface area contributed by atoms with Crippen LogP contribution in [0.2, 0.25) is 0 Å². The third-order valence-electron chi connectivity index (χ3n) is 5.37. The normalized spacial score (nSPS) is 20.8. The molecule has 0 aliphatic carbocycles. The van der Waals surface area contributed by atoms with E-state index in [4.69, 9.17) is 4.74 Å². The number of rotatable bonds is 3. The van der Waals surface area contributed by atoms with E-state index >= 15 is 0 Å². The Labute approximate surface area is 157 Å². The summed E-state index contributed by atoms with van der Waals surface area (Å²) < 4.78 is 9.74. The SMILES string of the molecule is O=C(c1csnn1)N1CCC2(CC1)COCCN(Cc1ccncc1)C2. The van der Waals surface area contributed by atoms with E-state index in [9.17, 15) is 4.79 Å². The van der Waals surface area contributed by atoms with Gasteiger partial charge in [-0.15, -0.1) is 5.10 Å². The maximum absolute atomic E-state index is 12.5. The largest absolute Gasteiger partial charge is 0.379 e. The Morgan fingerprint density at radius 1 is 1.23 bits per heavy atom. The highest BCUT2D eigenvalue weighted by Crippen LogP contribution is 2.35. The summed E-state index contributed by atoms with van der Waals surface area (Å²) in [6, 6.07) is 4.14. The van der Waals surface area contributed by atoms with Crippen molar-refractivity contribution < 1.29 is 9.53 Å². The van der Waals surface area contributed by atoms with E-state index in [1.807, 2.05) is 17.3 Å². The minimum Gasteiger partial charge on any atom is -0.379 e. The van der Waals surface area contributed by atoms with Crippen LogP contribution in [0.3, 0.4) is 0 Å². The average Bonchev–Trinajstić information content (AvgIpc) is 3.14. The van der Waals surface area contributed by atoms with E-state index in [0.29, 0.717) is 5.69 Å². The van der Waals surface area contributed by atoms with Gasteiger partial charge in [-0.2, -0.15) is 0 Å². The Hall–Kier alpha value is -1.90. The van der Waals surface area contributed by atoms with Gasteiger partial charge in [-0.1, -0.05) is 4.49 Å². The molecule has 2 aliphatic heterocycles. The van der Waals surface area contributed by atoms with Gasteiger partial charge in [0, 0.05) is 55.9 Å². The van der Waals surface area contributed by atoms with Crippen molar-refractivity contribution in [3.63, 3.8) is 0 Å². The molecule has 8 heteroatoms. The zero-order chi connectivity index (χ0) is 17.8. The molecular formula is C18H23N5O2S. The Kier molecular flexibility index (Phi) is 5.23. The van der Waals surface area contributed by atoms with Crippen molar-refractivity contribution in [3.8, 4) is 0 Å². The summed E-state index contributed by atoms with van der Waals surface area (Å²) in [5.41, 5.74) is 1.86. The van der Waals surface area contributed by atoms with Gasteiger partial charge in [0.2, 0.25) is 0 Å². The van der Waals surface area contributed by atoms with Crippen LogP contribution < -0.4 is 0 Å². The number of nitrogens with zero attached hydrogens (tertiary/aromatic N) is 5. The summed E-state index contributed by atoms with van der Waals surface area (Å²) in [7, 11) is 0. The minimum atomic E-state index is -0.00298. The van der Waals surface area contributed by atoms with Crippen LogP contribution in [0.5, 0.6) is 0 Å². The van der Waals surface area contributed by atoms with E-state index in [-0.39, 0.29) is 11.3 Å². The molecule has 1 spiro atoms. The van der Waals surface area contributed by atoms with Crippen molar-refractivity contribution in [2.24, 2.45) is 5.41 Å². The van der Waals surface area contributed by atoms with Crippen LogP contribution >= 0.6 is 11.5 Å². The highest BCUT2D eigenvalue weighted by molar-refractivity contribution is 7.03. The van der Waals surface area contributed by atoms with Gasteiger partial charge in [-0.3, -0.25) is 14.7 Å². The summed E-state index contributed by atoms with van der Waals surface area (Å²) in [5, 5.41) is 5.63. The Morgan fingerprint density at radius 2 is 2.04 bits per heavy atom. The Bertz CT molecular complexity index is 716. The van der Waals surface area contributed by atoms with Gasteiger partial charge >= 0.3 is 0 Å². The minimum absolute atomic E-state index is 0.00298. The lowest BCUT2D eigenvalue weighted by Gasteiger charge is -2.42. The molecule has 2 aromatic rings. The molecule has 2 aliphatic rings. The number of carbonyl (C=O) groups excluding carboxylic acids is 1. The van der Waals surface area contributed by atoms with Crippen LogP contribution in [0.1, 0.15) is 28.9 Å². The Balaban J connectivity index is 1.39. The van der Waals surface area contributed by atoms with Gasteiger partial charge in [0.15, 0.2) is 5.69 Å². The molecule has 0 N–H and O–H groups in total. The number of likely N-dealkylation sites (tertiary alicyclic amines) is 1. The monoisotopic (exact) mass is 373 g/mol. The molecule has 0 aromatic carbocycles. The second-order valence-corrected chi connectivity index (χ2v) is 7.81. The molecule has 7 nitrogen and oxygen atoms in total. The second kappa shape index (κ2) is 7.77. The maximum Gasteiger partial charge on any atom is 0.275 e. The van der Waals surface area contributed by atoms with E-state index in [2.05, 4.69) is 31.6 Å².